The van der Waals surface area contributed by atoms with Crippen LogP contribution in [0.1, 0.15) is 64.2 Å². The zero-order valence-corrected chi connectivity index (χ0v) is 49.5. The third-order valence-electron chi connectivity index (χ3n) is 15.3. The normalized spacial score (nSPS) is 12.0. The molecule has 8 aromatic carbocycles. The molecule has 3 aromatic heterocycles. The number of hydrogen-bond acceptors (Lipinski definition) is 18. The van der Waals surface area contributed by atoms with Gasteiger partial charge in [0, 0.05) is 44.3 Å². The molecule has 466 valence electrons. The number of aromatic nitrogens is 4. The molecular formula is C72H46N12O12. The Morgan fingerprint density at radius 3 is 0.646 bits per heavy atom. The van der Waals surface area contributed by atoms with Gasteiger partial charge in [0.2, 0.25) is 0 Å². The molecule has 0 radical (unpaired) electrons. The lowest BCUT2D eigenvalue weighted by Gasteiger charge is -2.08. The summed E-state index contributed by atoms with van der Waals surface area (Å²) >= 11 is 0. The van der Waals surface area contributed by atoms with E-state index in [1.54, 1.807) is 48.5 Å². The number of aromatic hydroxyl groups is 4. The second kappa shape index (κ2) is 25.6. The van der Waals surface area contributed by atoms with Crippen LogP contribution in [0.3, 0.4) is 0 Å². The molecule has 0 aliphatic carbocycles. The Bertz CT molecular complexity index is 4750. The number of carbonyl (C=O) groups is 4. The predicted molar refractivity (Wildman–Crippen MR) is 358 cm³/mol. The summed E-state index contributed by atoms with van der Waals surface area (Å²) in [6.45, 7) is 0. The van der Waals surface area contributed by atoms with Crippen LogP contribution in [0.25, 0.3) is 90.9 Å². The van der Waals surface area contributed by atoms with Gasteiger partial charge in [0.15, 0.2) is 0 Å². The van der Waals surface area contributed by atoms with Gasteiger partial charge in [-0.15, -0.1) is 0 Å². The SMILES string of the molecule is O=C(O)c1cc(N=Nc2ccc(-c3c4nc(c(-c5ccc(N=Nc6ccc(O)c(C(=O)O)c6)cc5)c5ccc([nH]5)c(-c5ccc(N=Nc6ccc(O)c(C(=O)O)c6)cc5)c5nc(c(-c6ccc(N=Nc7ccc(O)c(C(=O)O)c7)cc6)c6ccc3[nH]6)C=C5)C=C4)cc2)ccc1O. The van der Waals surface area contributed by atoms with E-state index in [2.05, 4.69) is 50.9 Å². The zero-order valence-electron chi connectivity index (χ0n) is 49.5. The Balaban J connectivity index is 1.00. The maximum absolute atomic E-state index is 11.8. The number of azo groups is 4. The summed E-state index contributed by atoms with van der Waals surface area (Å²) < 4.78 is 0. The summed E-state index contributed by atoms with van der Waals surface area (Å²) in [7, 11) is 0. The molecule has 13 rings (SSSR count). The molecule has 5 heterocycles. The largest absolute Gasteiger partial charge is 0.507 e. The number of rotatable bonds is 16. The first kappa shape index (κ1) is 60.7. The quantitative estimate of drug-likeness (QED) is 0.0402. The highest BCUT2D eigenvalue weighted by Gasteiger charge is 2.21. The molecule has 0 unspecified atom stereocenters. The van der Waals surface area contributed by atoms with E-state index >= 15 is 0 Å². The fourth-order valence-electron chi connectivity index (χ4n) is 10.7. The number of aromatic carboxylic acids is 4. The van der Waals surface area contributed by atoms with Gasteiger partial charge in [-0.05, 0) is 192 Å². The number of nitrogens with one attached hydrogen (secondary N) is 2. The third-order valence-corrected chi connectivity index (χ3v) is 15.3. The Hall–Kier alpha value is -14.2. The van der Waals surface area contributed by atoms with Crippen molar-refractivity contribution in [2.75, 3.05) is 0 Å². The molecule has 8 bridgehead atoms. The number of benzene rings is 8. The average Bonchev–Trinajstić information content (AvgIpc) is 1.66. The maximum atomic E-state index is 11.8. The van der Waals surface area contributed by atoms with Gasteiger partial charge < -0.3 is 50.8 Å². The van der Waals surface area contributed by atoms with Gasteiger partial charge in [0.05, 0.1) is 68.3 Å². The number of carboxylic acid groups (broad SMARTS) is 4. The molecule has 10 N–H and O–H groups in total. The standard InChI is InChI=1S/C72H46N12O12/c85-61-29-17-45(33-49(61)69(89)90)81-77-41-9-1-37(2-10-41)65-53-21-23-55(73-53)66(38-3-11-42(12-4-38)78-82-46-18-30-62(86)50(34-46)70(91)92)57-25-27-59(75-57)68(40-7-15-44(16-8-40)80-84-48-20-32-64(88)52(36-48)72(95)96)60-28-26-58(76-60)67(56-24-22-54(65)74-56)39-5-13-43(14-6-39)79-83-47-19-31-63(87)51(35-47)71(93)94/h1-36,73,76,85-88H,(H,89,90)(H,91,92)(H,93,94)(H,95,96). The van der Waals surface area contributed by atoms with E-state index in [0.717, 1.165) is 0 Å². The molecule has 24 heteroatoms. The molecule has 96 heavy (non-hydrogen) atoms. The number of nitrogens with zero attached hydrogens (tertiary/aromatic N) is 10. The topological polar surface area (TPSA) is 386 Å². The molecule has 0 spiro atoms. The fraction of sp³-hybridized carbons (Fsp3) is 0. The molecule has 0 atom stereocenters. The minimum absolute atomic E-state index is 0.206. The van der Waals surface area contributed by atoms with Crippen molar-refractivity contribution < 1.29 is 60.0 Å². The third kappa shape index (κ3) is 12.7. The molecule has 2 aliphatic heterocycles. The van der Waals surface area contributed by atoms with Crippen LogP contribution in [0, 0.1) is 0 Å². The van der Waals surface area contributed by atoms with Crippen molar-refractivity contribution in [3.05, 3.63) is 239 Å². The fourth-order valence-corrected chi connectivity index (χ4v) is 10.7. The zero-order chi connectivity index (χ0) is 66.7. The van der Waals surface area contributed by atoms with Gasteiger partial charge in [-0.25, -0.2) is 29.1 Å². The van der Waals surface area contributed by atoms with Crippen molar-refractivity contribution in [1.82, 2.24) is 19.9 Å². The van der Waals surface area contributed by atoms with Gasteiger partial charge in [0.25, 0.3) is 0 Å². The van der Waals surface area contributed by atoms with E-state index < -0.39 is 46.9 Å². The highest BCUT2D eigenvalue weighted by molar-refractivity contribution is 6.01. The van der Waals surface area contributed by atoms with Gasteiger partial charge in [-0.1, -0.05) is 48.5 Å². The van der Waals surface area contributed by atoms with E-state index in [4.69, 9.17) is 9.97 Å². The van der Waals surface area contributed by atoms with E-state index in [-0.39, 0.29) is 45.0 Å². The van der Waals surface area contributed by atoms with Crippen molar-refractivity contribution in [3.63, 3.8) is 0 Å². The smallest absolute Gasteiger partial charge is 0.339 e. The van der Waals surface area contributed by atoms with Gasteiger partial charge in [0.1, 0.15) is 45.3 Å². The van der Waals surface area contributed by atoms with Crippen molar-refractivity contribution in [3.8, 4) is 67.5 Å². The molecule has 0 saturated carbocycles. The number of H-pyrrole nitrogens is 2. The first-order chi connectivity index (χ1) is 46.5. The lowest BCUT2D eigenvalue weighted by atomic mass is 10.0. The lowest BCUT2D eigenvalue weighted by Crippen LogP contribution is -1.95. The molecule has 0 saturated heterocycles. The van der Waals surface area contributed by atoms with E-state index in [0.29, 0.717) is 112 Å². The van der Waals surface area contributed by atoms with Gasteiger partial charge in [-0.3, -0.25) is 0 Å². The number of carboxylic acids is 4. The number of hydrogen-bond donors (Lipinski definition) is 10. The summed E-state index contributed by atoms with van der Waals surface area (Å²) in [6, 6.07) is 52.2. The molecular weight excluding hydrogens is 1220 g/mol. The lowest BCUT2D eigenvalue weighted by molar-refractivity contribution is 0.0682. The Morgan fingerprint density at radius 2 is 0.448 bits per heavy atom. The summed E-state index contributed by atoms with van der Waals surface area (Å²) in [6.07, 6.45) is 7.63. The van der Waals surface area contributed by atoms with Crippen LogP contribution in [0.4, 0.5) is 45.5 Å². The van der Waals surface area contributed by atoms with Crippen LogP contribution in [-0.4, -0.2) is 84.7 Å². The highest BCUT2D eigenvalue weighted by Crippen LogP contribution is 2.41. The molecule has 24 nitrogen and oxygen atoms in total. The van der Waals surface area contributed by atoms with E-state index in [1.165, 1.54) is 72.8 Å². The Labute approximate surface area is 541 Å². The van der Waals surface area contributed by atoms with Crippen LogP contribution >= 0.6 is 0 Å². The van der Waals surface area contributed by atoms with Crippen LogP contribution in [0.2, 0.25) is 0 Å². The number of phenols is 4. The number of aromatic amines is 2. The van der Waals surface area contributed by atoms with Gasteiger partial charge in [-0.2, -0.15) is 40.9 Å². The second-order valence-electron chi connectivity index (χ2n) is 21.5. The van der Waals surface area contributed by atoms with Crippen molar-refractivity contribution in [2.45, 2.75) is 0 Å². The molecule has 0 fully saturated rings. The molecule has 2 aliphatic rings. The summed E-state index contributed by atoms with van der Waals surface area (Å²) in [4.78, 5) is 65.3. The van der Waals surface area contributed by atoms with Crippen LogP contribution in [0.15, 0.2) is 235 Å². The van der Waals surface area contributed by atoms with Gasteiger partial charge >= 0.3 is 23.9 Å². The first-order valence-electron chi connectivity index (χ1n) is 29.0. The minimum atomic E-state index is -1.32. The Morgan fingerprint density at radius 1 is 0.260 bits per heavy atom. The molecule has 0 amide bonds. The minimum Gasteiger partial charge on any atom is -0.507 e. The summed E-state index contributed by atoms with van der Waals surface area (Å²) in [5.41, 5.74) is 11.6. The van der Waals surface area contributed by atoms with Crippen LogP contribution < -0.4 is 0 Å². The van der Waals surface area contributed by atoms with Crippen molar-refractivity contribution >= 4 is 116 Å². The van der Waals surface area contributed by atoms with Crippen molar-refractivity contribution in [1.29, 1.82) is 0 Å². The predicted octanol–water partition coefficient (Wildman–Crippen LogP) is 18.6. The maximum Gasteiger partial charge on any atom is 0.339 e. The number of fused-ring (bicyclic) bond motifs is 8. The molecule has 11 aromatic rings. The van der Waals surface area contributed by atoms with Crippen LogP contribution in [0.5, 0.6) is 23.0 Å². The summed E-state index contributed by atoms with van der Waals surface area (Å²) in [5, 5.41) is 113. The summed E-state index contributed by atoms with van der Waals surface area (Å²) in [5.74, 6) is -6.94. The monoisotopic (exact) mass is 1270 g/mol. The average molecular weight is 1270 g/mol. The van der Waals surface area contributed by atoms with Crippen LogP contribution in [-0.2, 0) is 0 Å². The van der Waals surface area contributed by atoms with E-state index in [9.17, 15) is 60.0 Å². The second-order valence-corrected chi connectivity index (χ2v) is 21.5. The van der Waals surface area contributed by atoms with E-state index in [1.807, 2.05) is 97.1 Å². The van der Waals surface area contributed by atoms with Crippen molar-refractivity contribution in [2.24, 2.45) is 40.9 Å². The highest BCUT2D eigenvalue weighted by atomic mass is 16.4. The first-order valence-corrected chi connectivity index (χ1v) is 29.0. The Kier molecular flexibility index (Phi) is 16.2.